The van der Waals surface area contributed by atoms with Gasteiger partial charge in [-0.15, -0.1) is 0 Å². The summed E-state index contributed by atoms with van der Waals surface area (Å²) < 4.78 is 5.18. The van der Waals surface area contributed by atoms with E-state index in [0.29, 0.717) is 17.1 Å². The van der Waals surface area contributed by atoms with Crippen LogP contribution in [0.3, 0.4) is 0 Å². The summed E-state index contributed by atoms with van der Waals surface area (Å²) >= 11 is 0. The second-order valence-corrected chi connectivity index (χ2v) is 3.67. The van der Waals surface area contributed by atoms with Crippen molar-refractivity contribution in [2.75, 3.05) is 5.73 Å². The number of nitrogen functional groups attached to an aromatic ring is 1. The number of pyridine rings is 1. The molecule has 0 aliphatic rings. The molecule has 1 heterocycles. The van der Waals surface area contributed by atoms with Crippen LogP contribution < -0.4 is 10.5 Å². The van der Waals surface area contributed by atoms with Gasteiger partial charge in [0.05, 0.1) is 5.56 Å². The third-order valence-corrected chi connectivity index (χ3v) is 2.25. The Morgan fingerprint density at radius 2 is 1.88 bits per heavy atom. The molecule has 2 rings (SSSR count). The number of anilines is 1. The first-order valence-electron chi connectivity index (χ1n) is 5.15. The highest BCUT2D eigenvalue weighted by Crippen LogP contribution is 2.13. The van der Waals surface area contributed by atoms with Gasteiger partial charge in [0.15, 0.2) is 0 Å². The molecule has 1 aromatic carbocycles. The van der Waals surface area contributed by atoms with Gasteiger partial charge in [-0.25, -0.2) is 9.78 Å². The Morgan fingerprint density at radius 1 is 1.18 bits per heavy atom. The highest BCUT2D eigenvalue weighted by atomic mass is 16.5. The van der Waals surface area contributed by atoms with E-state index in [1.165, 1.54) is 6.20 Å². The summed E-state index contributed by atoms with van der Waals surface area (Å²) in [5.74, 6) is 0.440. The van der Waals surface area contributed by atoms with Crippen LogP contribution in [0.5, 0.6) is 5.75 Å². The summed E-state index contributed by atoms with van der Waals surface area (Å²) in [6.07, 6.45) is 1.39. The predicted molar refractivity (Wildman–Crippen MR) is 64.8 cm³/mol. The molecule has 0 spiro atoms. The summed E-state index contributed by atoms with van der Waals surface area (Å²) in [4.78, 5) is 15.5. The average molecular weight is 228 g/mol. The Bertz CT molecular complexity index is 518. The second kappa shape index (κ2) is 4.65. The molecule has 0 saturated heterocycles. The Kier molecular flexibility index (Phi) is 3.05. The van der Waals surface area contributed by atoms with Crippen LogP contribution in [0.2, 0.25) is 0 Å². The third-order valence-electron chi connectivity index (χ3n) is 2.25. The lowest BCUT2D eigenvalue weighted by Crippen LogP contribution is -2.09. The number of hydrogen-bond donors (Lipinski definition) is 1. The SMILES string of the molecule is Cc1ccc(OC(=O)c2ccc(N)nc2)cc1. The van der Waals surface area contributed by atoms with E-state index in [4.69, 9.17) is 10.5 Å². The number of nitrogens with two attached hydrogens (primary N) is 1. The van der Waals surface area contributed by atoms with Crippen molar-refractivity contribution < 1.29 is 9.53 Å². The fourth-order valence-corrected chi connectivity index (χ4v) is 1.30. The molecule has 4 heteroatoms. The van der Waals surface area contributed by atoms with Crippen LogP contribution in [0, 0.1) is 6.92 Å². The Hall–Kier alpha value is -2.36. The zero-order valence-corrected chi connectivity index (χ0v) is 9.38. The summed E-state index contributed by atoms with van der Waals surface area (Å²) in [5.41, 5.74) is 6.92. The molecule has 1 aromatic heterocycles. The van der Waals surface area contributed by atoms with Crippen molar-refractivity contribution in [2.45, 2.75) is 6.92 Å². The fourth-order valence-electron chi connectivity index (χ4n) is 1.30. The normalized spacial score (nSPS) is 9.94. The van der Waals surface area contributed by atoms with Gasteiger partial charge in [0, 0.05) is 6.20 Å². The van der Waals surface area contributed by atoms with Gasteiger partial charge in [-0.1, -0.05) is 17.7 Å². The van der Waals surface area contributed by atoms with E-state index in [2.05, 4.69) is 4.98 Å². The molecule has 2 N–H and O–H groups in total. The minimum atomic E-state index is -0.443. The van der Waals surface area contributed by atoms with E-state index in [1.807, 2.05) is 19.1 Å². The number of nitrogens with zero attached hydrogens (tertiary/aromatic N) is 1. The minimum absolute atomic E-state index is 0.372. The van der Waals surface area contributed by atoms with E-state index in [1.54, 1.807) is 24.3 Å². The van der Waals surface area contributed by atoms with Crippen molar-refractivity contribution in [3.05, 3.63) is 53.7 Å². The highest BCUT2D eigenvalue weighted by Gasteiger charge is 2.08. The van der Waals surface area contributed by atoms with E-state index < -0.39 is 5.97 Å². The predicted octanol–water partition coefficient (Wildman–Crippen LogP) is 2.19. The van der Waals surface area contributed by atoms with Crippen molar-refractivity contribution in [3.63, 3.8) is 0 Å². The van der Waals surface area contributed by atoms with Crippen LogP contribution in [0.4, 0.5) is 5.82 Å². The Morgan fingerprint density at radius 3 is 2.47 bits per heavy atom. The number of esters is 1. The molecule has 0 bridgehead atoms. The van der Waals surface area contributed by atoms with Gasteiger partial charge in [0.25, 0.3) is 0 Å². The number of rotatable bonds is 2. The molecule has 86 valence electrons. The molecule has 17 heavy (non-hydrogen) atoms. The topological polar surface area (TPSA) is 65.2 Å². The first kappa shape index (κ1) is 11.1. The first-order valence-corrected chi connectivity index (χ1v) is 5.15. The van der Waals surface area contributed by atoms with Gasteiger partial charge in [0.1, 0.15) is 11.6 Å². The van der Waals surface area contributed by atoms with Crippen LogP contribution in [-0.2, 0) is 0 Å². The van der Waals surface area contributed by atoms with Crippen molar-refractivity contribution in [1.82, 2.24) is 4.98 Å². The first-order chi connectivity index (χ1) is 8.15. The zero-order valence-electron chi connectivity index (χ0n) is 9.38. The summed E-state index contributed by atoms with van der Waals surface area (Å²) in [6.45, 7) is 1.97. The second-order valence-electron chi connectivity index (χ2n) is 3.67. The van der Waals surface area contributed by atoms with Gasteiger partial charge in [0.2, 0.25) is 0 Å². The highest BCUT2D eigenvalue weighted by molar-refractivity contribution is 5.90. The standard InChI is InChI=1S/C13H12N2O2/c1-9-2-5-11(6-3-9)17-13(16)10-4-7-12(14)15-8-10/h2-8H,1H3,(H2,14,15). The summed E-state index contributed by atoms with van der Waals surface area (Å²) in [7, 11) is 0. The molecule has 0 aliphatic carbocycles. The van der Waals surface area contributed by atoms with E-state index in [-0.39, 0.29) is 0 Å². The average Bonchev–Trinajstić information content (AvgIpc) is 2.33. The zero-order chi connectivity index (χ0) is 12.3. The molecule has 0 unspecified atom stereocenters. The number of ether oxygens (including phenoxy) is 1. The summed E-state index contributed by atoms with van der Waals surface area (Å²) in [6, 6.07) is 10.4. The Labute approximate surface area is 99.1 Å². The van der Waals surface area contributed by atoms with Crippen LogP contribution in [0.25, 0.3) is 0 Å². The van der Waals surface area contributed by atoms with Crippen LogP contribution in [-0.4, -0.2) is 11.0 Å². The molecule has 0 fully saturated rings. The molecular formula is C13H12N2O2. The molecular weight excluding hydrogens is 216 g/mol. The van der Waals surface area contributed by atoms with Crippen LogP contribution in [0.15, 0.2) is 42.6 Å². The Balaban J connectivity index is 2.11. The van der Waals surface area contributed by atoms with Crippen LogP contribution >= 0.6 is 0 Å². The van der Waals surface area contributed by atoms with Gasteiger partial charge in [-0.2, -0.15) is 0 Å². The van der Waals surface area contributed by atoms with E-state index in [0.717, 1.165) is 5.56 Å². The van der Waals surface area contributed by atoms with Gasteiger partial charge in [-0.05, 0) is 31.2 Å². The van der Waals surface area contributed by atoms with Crippen molar-refractivity contribution in [3.8, 4) is 5.75 Å². The van der Waals surface area contributed by atoms with E-state index in [9.17, 15) is 4.79 Å². The van der Waals surface area contributed by atoms with Crippen molar-refractivity contribution in [2.24, 2.45) is 0 Å². The maximum atomic E-state index is 11.7. The lowest BCUT2D eigenvalue weighted by atomic mass is 10.2. The lowest BCUT2D eigenvalue weighted by molar-refractivity contribution is 0.0734. The maximum absolute atomic E-state index is 11.7. The molecule has 0 atom stereocenters. The molecule has 0 saturated carbocycles. The molecule has 0 amide bonds. The fraction of sp³-hybridized carbons (Fsp3) is 0.0769. The van der Waals surface area contributed by atoms with Gasteiger partial charge < -0.3 is 10.5 Å². The number of carbonyl (C=O) groups excluding carboxylic acids is 1. The van der Waals surface area contributed by atoms with Crippen molar-refractivity contribution in [1.29, 1.82) is 0 Å². The number of benzene rings is 1. The maximum Gasteiger partial charge on any atom is 0.345 e. The molecule has 0 radical (unpaired) electrons. The van der Waals surface area contributed by atoms with Gasteiger partial charge >= 0.3 is 5.97 Å². The molecule has 2 aromatic rings. The summed E-state index contributed by atoms with van der Waals surface area (Å²) in [5, 5.41) is 0. The van der Waals surface area contributed by atoms with Crippen molar-refractivity contribution >= 4 is 11.8 Å². The number of aryl methyl sites for hydroxylation is 1. The largest absolute Gasteiger partial charge is 0.423 e. The van der Waals surface area contributed by atoms with Crippen LogP contribution in [0.1, 0.15) is 15.9 Å². The number of carbonyl (C=O) groups is 1. The quantitative estimate of drug-likeness (QED) is 0.632. The smallest absolute Gasteiger partial charge is 0.345 e. The number of aromatic nitrogens is 1. The number of hydrogen-bond acceptors (Lipinski definition) is 4. The monoisotopic (exact) mass is 228 g/mol. The molecule has 0 aliphatic heterocycles. The minimum Gasteiger partial charge on any atom is -0.423 e. The third kappa shape index (κ3) is 2.81. The lowest BCUT2D eigenvalue weighted by Gasteiger charge is -2.04. The molecule has 4 nitrogen and oxygen atoms in total. The van der Waals surface area contributed by atoms with Gasteiger partial charge in [-0.3, -0.25) is 0 Å². The van der Waals surface area contributed by atoms with E-state index >= 15 is 0 Å².